The van der Waals surface area contributed by atoms with Gasteiger partial charge in [-0.15, -0.1) is 11.8 Å². The molecule has 1 aromatic heterocycles. The molecular weight excluding hydrogens is 1640 g/mol. The van der Waals surface area contributed by atoms with E-state index in [1.54, 1.807) is 42.6 Å². The standard InChI is InChI=1S/C78H109N17O17S6/c1-47(66(99)85-55(25-15-17-33-81-71(104)62-45-113-46-95(62)76(109)110)69(102)87-57(72(105)93-35-19-27-60(93)65(79)98)38-64(97)114-42-49-21-11-10-12-22-49)112-74(107)61-28-20-36-94(61)73(106)59(44-116-118-78(5,6)7)88-70(103)56(37-50-39-82-53-24-14-13-23-52(50)53)86-68(101)54(26-16-18-34-92(8)9)84-63(96)40-83-67(100)58(43-115-117-77(2,3)4)89-75(108)111-41-48-29-31-51(32-30-48)90-91-80/h10-14,21-24,29-32,39,47,54-62,82H,15-20,25-28,33-38,40-46H2,1-9H3,(H2,79,98)(H,81,104)(H,83,100)(H,84,96)(H,85,99)(H,86,101)(H,87,102)(H,88,103)(H,89,108)(H,109,110)/t47-,54-,55-,56-,57-,58-,59-,60-,61-,62?/m0/s1. The van der Waals surface area contributed by atoms with Gasteiger partial charge in [-0.2, -0.15) is 0 Å². The average Bonchev–Trinajstić information content (AvgIpc) is 1.65. The number of thioether (sulfide) groups is 2. The van der Waals surface area contributed by atoms with Crippen LogP contribution in [0.2, 0.25) is 0 Å². The Kier molecular flexibility index (Phi) is 38.8. The number of primary amides is 1. The van der Waals surface area contributed by atoms with Crippen molar-refractivity contribution in [3.8, 4) is 0 Å². The van der Waals surface area contributed by atoms with E-state index in [1.165, 1.54) is 71.7 Å². The van der Waals surface area contributed by atoms with Crippen molar-refractivity contribution in [2.24, 2.45) is 10.8 Å². The summed E-state index contributed by atoms with van der Waals surface area (Å²) in [6.07, 6.45) is -0.470. The van der Waals surface area contributed by atoms with Gasteiger partial charge in [-0.1, -0.05) is 174 Å². The molecule has 3 aliphatic rings. The molecule has 0 radical (unpaired) electrons. The Morgan fingerprint density at radius 2 is 1.25 bits per heavy atom. The third-order valence-corrected chi connectivity index (χ3v) is 27.5. The first kappa shape index (κ1) is 96.1. The van der Waals surface area contributed by atoms with Gasteiger partial charge in [-0.3, -0.25) is 57.6 Å². The van der Waals surface area contributed by atoms with Gasteiger partial charge in [0.1, 0.15) is 61.0 Å². The van der Waals surface area contributed by atoms with Gasteiger partial charge in [-0.05, 0) is 120 Å². The molecule has 3 aromatic carbocycles. The lowest BCUT2D eigenvalue weighted by Gasteiger charge is -2.31. The van der Waals surface area contributed by atoms with E-state index < -0.39 is 156 Å². The van der Waals surface area contributed by atoms with E-state index in [2.05, 4.69) is 57.5 Å². The fraction of sp³-hybridized carbons (Fsp3) is 0.564. The number of aromatic nitrogens is 1. The number of nitrogens with two attached hydrogens (primary N) is 1. The highest BCUT2D eigenvalue weighted by Crippen LogP contribution is 2.37. The van der Waals surface area contributed by atoms with E-state index in [0.29, 0.717) is 42.6 Å². The molecule has 0 bridgehead atoms. The number of likely N-dealkylation sites (tertiary alicyclic amines) is 2. The lowest BCUT2D eigenvalue weighted by atomic mass is 10.0. The number of carbonyl (C=O) groups is 14. The van der Waals surface area contributed by atoms with Gasteiger partial charge in [0.2, 0.25) is 53.2 Å². The molecule has 34 nitrogen and oxygen atoms in total. The second-order valence-electron chi connectivity index (χ2n) is 30.8. The number of alkyl carbamates (subject to hydrolysis) is 1. The first-order chi connectivity index (χ1) is 56.1. The predicted molar refractivity (Wildman–Crippen MR) is 458 cm³/mol. The summed E-state index contributed by atoms with van der Waals surface area (Å²) >= 11 is 2.19. The van der Waals surface area contributed by atoms with Gasteiger partial charge in [0.05, 0.1) is 12.4 Å². The number of amides is 12. The summed E-state index contributed by atoms with van der Waals surface area (Å²) in [6.45, 7) is 13.0. The number of hydrogen-bond donors (Lipinski definition) is 11. The minimum absolute atomic E-state index is 0.0100. The number of unbranched alkanes of at least 4 members (excludes halogenated alkanes) is 2. The number of benzene rings is 3. The molecule has 644 valence electrons. The van der Waals surface area contributed by atoms with Gasteiger partial charge in [-0.25, -0.2) is 14.4 Å². The van der Waals surface area contributed by atoms with Crippen LogP contribution in [0.3, 0.4) is 0 Å². The zero-order valence-electron chi connectivity index (χ0n) is 67.8. The van der Waals surface area contributed by atoms with Crippen LogP contribution >= 0.6 is 66.7 Å². The number of fused-ring (bicyclic) bond motifs is 1. The highest BCUT2D eigenvalue weighted by molar-refractivity contribution is 8.77. The maximum atomic E-state index is 15.3. The van der Waals surface area contributed by atoms with Crippen LogP contribution in [0, 0.1) is 0 Å². The molecule has 3 fully saturated rings. The molecule has 12 N–H and O–H groups in total. The molecule has 0 aliphatic carbocycles. The Morgan fingerprint density at radius 1 is 0.661 bits per heavy atom. The number of aromatic amines is 1. The zero-order valence-corrected chi connectivity index (χ0v) is 72.7. The van der Waals surface area contributed by atoms with E-state index in [4.69, 9.17) is 20.7 Å². The van der Waals surface area contributed by atoms with Gasteiger partial charge < -0.3 is 82.5 Å². The van der Waals surface area contributed by atoms with Crippen LogP contribution in [0.1, 0.15) is 136 Å². The smallest absolute Gasteiger partial charge is 0.408 e. The number of rotatable bonds is 44. The fourth-order valence-electron chi connectivity index (χ4n) is 12.8. The molecule has 4 heterocycles. The Bertz CT molecular complexity index is 4190. The van der Waals surface area contributed by atoms with Crippen LogP contribution in [-0.2, 0) is 85.8 Å². The highest BCUT2D eigenvalue weighted by Gasteiger charge is 2.43. The number of nitrogens with zero attached hydrogens (tertiary/aromatic N) is 7. The second kappa shape index (κ2) is 47.7. The largest absolute Gasteiger partial charge is 0.465 e. The van der Waals surface area contributed by atoms with Crippen molar-refractivity contribution in [1.29, 1.82) is 0 Å². The topological polar surface area (TPSA) is 477 Å². The number of carbonyl (C=O) groups excluding carboxylic acids is 13. The molecular formula is C78H109N17O17S6. The quantitative estimate of drug-likeness (QED) is 0.00522. The van der Waals surface area contributed by atoms with Crippen molar-refractivity contribution >= 4 is 166 Å². The molecule has 0 saturated carbocycles. The van der Waals surface area contributed by atoms with Crippen molar-refractivity contribution in [2.75, 3.05) is 70.0 Å². The van der Waals surface area contributed by atoms with Crippen LogP contribution in [0.5, 0.6) is 0 Å². The van der Waals surface area contributed by atoms with Crippen molar-refractivity contribution in [3.63, 3.8) is 0 Å². The first-order valence-electron chi connectivity index (χ1n) is 38.9. The molecule has 3 saturated heterocycles. The number of para-hydroxylation sites is 1. The number of azide groups is 1. The Hall–Kier alpha value is -9.05. The van der Waals surface area contributed by atoms with Gasteiger partial charge in [0.15, 0.2) is 11.2 Å². The average molecular weight is 1750 g/mol. The molecule has 0 spiro atoms. The highest BCUT2D eigenvalue weighted by atomic mass is 33.1. The monoisotopic (exact) mass is 1750 g/mol. The van der Waals surface area contributed by atoms with Crippen molar-refractivity contribution in [1.82, 2.24) is 67.1 Å². The number of H-pyrrole nitrogens is 1. The number of nitrogens with one attached hydrogen (secondary N) is 9. The summed E-state index contributed by atoms with van der Waals surface area (Å²) in [5.74, 6) is -8.13. The summed E-state index contributed by atoms with van der Waals surface area (Å²) in [4.78, 5) is 208. The third-order valence-electron chi connectivity index (χ3n) is 18.8. The van der Waals surface area contributed by atoms with E-state index in [0.717, 1.165) is 33.1 Å². The molecule has 1 unspecified atom stereocenters. The molecule has 10 atom stereocenters. The summed E-state index contributed by atoms with van der Waals surface area (Å²) in [5.41, 5.74) is 17.6. The van der Waals surface area contributed by atoms with Crippen molar-refractivity contribution in [3.05, 3.63) is 112 Å². The first-order valence-corrected chi connectivity index (χ1v) is 45.7. The lowest BCUT2D eigenvalue weighted by Crippen LogP contribution is -2.59. The SMILES string of the molecule is C[C@H](OC(=O)[C@@H]1CCCN1C(=O)[C@H](CSSC(C)(C)C)NC(=O)[C@H](Cc1c[nH]c2ccccc12)NC(=O)[C@H](CCCCN(C)C)NC(=O)CNC(=O)[C@H](CSSC(C)(C)C)NC(=O)OCc1ccc(N=[N+]=[N-])cc1)C(=O)N[C@@H](CCCCNC(=O)C1CSCN1C(=O)O)C(=O)N[C@@H](CC(=O)SCc1ccccc1)C(=O)N1CCC[C@H]1C(N)=O. The predicted octanol–water partition coefficient (Wildman–Crippen LogP) is 7.17. The van der Waals surface area contributed by atoms with Crippen LogP contribution in [0.4, 0.5) is 15.3 Å². The van der Waals surface area contributed by atoms with Crippen molar-refractivity contribution in [2.45, 2.75) is 208 Å². The van der Waals surface area contributed by atoms with Crippen LogP contribution in [-0.4, -0.2) is 252 Å². The normalized spacial score (nSPS) is 17.1. The summed E-state index contributed by atoms with van der Waals surface area (Å²) < 4.78 is 10.7. The summed E-state index contributed by atoms with van der Waals surface area (Å²) in [7, 11) is 9.26. The van der Waals surface area contributed by atoms with Crippen LogP contribution in [0.15, 0.2) is 90.2 Å². The summed E-state index contributed by atoms with van der Waals surface area (Å²) in [5, 5.41) is 35.2. The Labute approximate surface area is 710 Å². The maximum Gasteiger partial charge on any atom is 0.408 e. The minimum Gasteiger partial charge on any atom is -0.465 e. The molecule has 3 aliphatic heterocycles. The minimum atomic E-state index is -1.64. The Balaban J connectivity index is 1.08. The summed E-state index contributed by atoms with van der Waals surface area (Å²) in [6, 6.07) is 11.1. The van der Waals surface area contributed by atoms with Gasteiger partial charge in [0.25, 0.3) is 5.91 Å². The number of ether oxygens (including phenoxy) is 2. The molecule has 118 heavy (non-hydrogen) atoms. The fourth-order valence-corrected chi connectivity index (χ4v) is 19.6. The van der Waals surface area contributed by atoms with Crippen LogP contribution in [0.25, 0.3) is 21.3 Å². The van der Waals surface area contributed by atoms with Gasteiger partial charge in [0, 0.05) is 92.7 Å². The van der Waals surface area contributed by atoms with Crippen molar-refractivity contribution < 1.29 is 81.7 Å². The van der Waals surface area contributed by atoms with E-state index in [9.17, 15) is 62.6 Å². The van der Waals surface area contributed by atoms with E-state index >= 15 is 9.59 Å². The third kappa shape index (κ3) is 31.9. The van der Waals surface area contributed by atoms with E-state index in [1.807, 2.05) is 103 Å². The zero-order chi connectivity index (χ0) is 86.2. The number of esters is 1. The molecule has 40 heteroatoms. The number of hydrogen-bond acceptors (Lipinski definition) is 24. The molecule has 7 rings (SSSR count). The Morgan fingerprint density at radius 3 is 1.89 bits per heavy atom. The second-order valence-corrected chi connectivity index (χ2v) is 39.2. The van der Waals surface area contributed by atoms with E-state index in [-0.39, 0.29) is 116 Å². The lowest BCUT2D eigenvalue weighted by molar-refractivity contribution is -0.162. The van der Waals surface area contributed by atoms with Gasteiger partial charge >= 0.3 is 18.2 Å². The molecule has 4 aromatic rings. The molecule has 12 amide bonds. The number of carboxylic acid groups (broad SMARTS) is 1. The van der Waals surface area contributed by atoms with Crippen LogP contribution < -0.4 is 48.3 Å². The maximum absolute atomic E-state index is 15.3.